The minimum absolute atomic E-state index is 0.608. The Balaban J connectivity index is 2.12. The van der Waals surface area contributed by atoms with Crippen molar-refractivity contribution in [3.8, 4) is 6.07 Å². The zero-order valence-corrected chi connectivity index (χ0v) is 12.3. The molecule has 0 saturated carbocycles. The fourth-order valence-electron chi connectivity index (χ4n) is 2.26. The number of benzene rings is 1. The fourth-order valence-corrected chi connectivity index (χ4v) is 2.72. The SMILES string of the molecule is CC1(C(=O)O)CCN(c2ccc(C#N)c(Br)c2)CC1. The molecule has 100 valence electrons. The largest absolute Gasteiger partial charge is 0.481 e. The van der Waals surface area contributed by atoms with Gasteiger partial charge in [0.1, 0.15) is 6.07 Å². The normalized spacial score (nSPS) is 17.8. The molecule has 0 atom stereocenters. The molecule has 0 aromatic heterocycles. The number of aliphatic carboxylic acids is 1. The first kappa shape index (κ1) is 13.9. The van der Waals surface area contributed by atoms with Gasteiger partial charge in [-0.3, -0.25) is 4.79 Å². The van der Waals surface area contributed by atoms with E-state index in [0.717, 1.165) is 23.2 Å². The predicted octanol–water partition coefficient (Wildman–Crippen LogP) is 3.01. The maximum atomic E-state index is 11.2. The summed E-state index contributed by atoms with van der Waals surface area (Å²) >= 11 is 3.38. The summed E-state index contributed by atoms with van der Waals surface area (Å²) in [4.78, 5) is 13.4. The van der Waals surface area contributed by atoms with E-state index in [9.17, 15) is 9.90 Å². The van der Waals surface area contributed by atoms with Gasteiger partial charge in [0.25, 0.3) is 0 Å². The van der Waals surface area contributed by atoms with Crippen LogP contribution in [0.4, 0.5) is 5.69 Å². The summed E-state index contributed by atoms with van der Waals surface area (Å²) in [6.45, 7) is 3.25. The third-order valence-corrected chi connectivity index (χ3v) is 4.48. The molecule has 0 amide bonds. The van der Waals surface area contributed by atoms with Gasteiger partial charge in [-0.05, 0) is 53.9 Å². The van der Waals surface area contributed by atoms with Gasteiger partial charge in [0, 0.05) is 23.2 Å². The number of piperidine rings is 1. The molecule has 0 radical (unpaired) electrons. The smallest absolute Gasteiger partial charge is 0.309 e. The van der Waals surface area contributed by atoms with Crippen LogP contribution in [0.3, 0.4) is 0 Å². The van der Waals surface area contributed by atoms with Crippen molar-refractivity contribution in [1.82, 2.24) is 0 Å². The molecule has 1 fully saturated rings. The van der Waals surface area contributed by atoms with Crippen LogP contribution in [-0.2, 0) is 4.79 Å². The highest BCUT2D eigenvalue weighted by Crippen LogP contribution is 2.34. The van der Waals surface area contributed by atoms with E-state index in [0.29, 0.717) is 18.4 Å². The number of hydrogen-bond acceptors (Lipinski definition) is 3. The highest BCUT2D eigenvalue weighted by Gasteiger charge is 2.36. The molecule has 4 nitrogen and oxygen atoms in total. The van der Waals surface area contributed by atoms with Gasteiger partial charge in [-0.25, -0.2) is 0 Å². The monoisotopic (exact) mass is 322 g/mol. The van der Waals surface area contributed by atoms with Gasteiger partial charge in [0.2, 0.25) is 0 Å². The van der Waals surface area contributed by atoms with Gasteiger partial charge in [0.15, 0.2) is 0 Å². The minimum atomic E-state index is -0.715. The summed E-state index contributed by atoms with van der Waals surface area (Å²) in [7, 11) is 0. The first-order valence-electron chi connectivity index (χ1n) is 6.14. The number of carboxylic acid groups (broad SMARTS) is 1. The topological polar surface area (TPSA) is 64.3 Å². The predicted molar refractivity (Wildman–Crippen MR) is 76.0 cm³/mol. The maximum absolute atomic E-state index is 11.2. The zero-order chi connectivity index (χ0) is 14.0. The fraction of sp³-hybridized carbons (Fsp3) is 0.429. The van der Waals surface area contributed by atoms with Gasteiger partial charge in [-0.15, -0.1) is 0 Å². The molecule has 1 aromatic rings. The lowest BCUT2D eigenvalue weighted by Gasteiger charge is -2.37. The summed E-state index contributed by atoms with van der Waals surface area (Å²) in [6, 6.07) is 7.72. The summed E-state index contributed by atoms with van der Waals surface area (Å²) in [5.41, 5.74) is 1.02. The van der Waals surface area contributed by atoms with Gasteiger partial charge < -0.3 is 10.0 Å². The van der Waals surface area contributed by atoms with Gasteiger partial charge in [-0.2, -0.15) is 5.26 Å². The number of carboxylic acids is 1. The van der Waals surface area contributed by atoms with Crippen LogP contribution in [0.25, 0.3) is 0 Å². The Kier molecular flexibility index (Phi) is 3.81. The molecule has 0 bridgehead atoms. The lowest BCUT2D eigenvalue weighted by molar-refractivity contribution is -0.149. The second-order valence-corrected chi connectivity index (χ2v) is 5.98. The van der Waals surface area contributed by atoms with Crippen molar-refractivity contribution >= 4 is 27.6 Å². The van der Waals surface area contributed by atoms with Crippen molar-refractivity contribution in [3.05, 3.63) is 28.2 Å². The first-order chi connectivity index (χ1) is 8.96. The second-order valence-electron chi connectivity index (χ2n) is 5.13. The average Bonchev–Trinajstić information content (AvgIpc) is 2.39. The third kappa shape index (κ3) is 2.74. The van der Waals surface area contributed by atoms with E-state index in [4.69, 9.17) is 5.26 Å². The number of nitriles is 1. The summed E-state index contributed by atoms with van der Waals surface area (Å²) < 4.78 is 0.777. The van der Waals surface area contributed by atoms with E-state index < -0.39 is 11.4 Å². The Bertz CT molecular complexity index is 543. The quantitative estimate of drug-likeness (QED) is 0.909. The van der Waals surface area contributed by atoms with Crippen LogP contribution in [0.15, 0.2) is 22.7 Å². The Morgan fingerprint density at radius 1 is 1.47 bits per heavy atom. The van der Waals surface area contributed by atoms with Gasteiger partial charge in [-0.1, -0.05) is 0 Å². The number of nitrogens with zero attached hydrogens (tertiary/aromatic N) is 2. The molecule has 0 aliphatic carbocycles. The Labute approximate surface area is 120 Å². The van der Waals surface area contributed by atoms with E-state index in [1.165, 1.54) is 0 Å². The van der Waals surface area contributed by atoms with E-state index in [1.54, 1.807) is 13.0 Å². The average molecular weight is 323 g/mol. The van der Waals surface area contributed by atoms with Crippen molar-refractivity contribution in [1.29, 1.82) is 5.26 Å². The molecule has 1 aliphatic heterocycles. The molecular weight excluding hydrogens is 308 g/mol. The van der Waals surface area contributed by atoms with E-state index >= 15 is 0 Å². The van der Waals surface area contributed by atoms with Crippen LogP contribution in [0.5, 0.6) is 0 Å². The van der Waals surface area contributed by atoms with Crippen LogP contribution < -0.4 is 4.90 Å². The van der Waals surface area contributed by atoms with Gasteiger partial charge in [0.05, 0.1) is 11.0 Å². The van der Waals surface area contributed by atoms with Crippen LogP contribution >= 0.6 is 15.9 Å². The molecule has 0 unspecified atom stereocenters. The summed E-state index contributed by atoms with van der Waals surface area (Å²) in [5.74, 6) is -0.715. The molecule has 1 aromatic carbocycles. The molecule has 1 N–H and O–H groups in total. The van der Waals surface area contributed by atoms with E-state index in [1.807, 2.05) is 12.1 Å². The molecule has 0 spiro atoms. The molecule has 5 heteroatoms. The standard InChI is InChI=1S/C14H15BrN2O2/c1-14(13(18)19)4-6-17(7-5-14)11-3-2-10(9-16)12(15)8-11/h2-3,8H,4-7H2,1H3,(H,18,19). The van der Waals surface area contributed by atoms with Crippen LogP contribution in [0, 0.1) is 16.7 Å². The first-order valence-corrected chi connectivity index (χ1v) is 6.93. The summed E-state index contributed by atoms with van der Waals surface area (Å²) in [6.07, 6.45) is 1.28. The Hall–Kier alpha value is -1.54. The zero-order valence-electron chi connectivity index (χ0n) is 10.7. The van der Waals surface area contributed by atoms with Crippen molar-refractivity contribution in [2.24, 2.45) is 5.41 Å². The van der Waals surface area contributed by atoms with Crippen molar-refractivity contribution in [2.45, 2.75) is 19.8 Å². The van der Waals surface area contributed by atoms with Crippen molar-refractivity contribution in [3.63, 3.8) is 0 Å². The number of halogens is 1. The van der Waals surface area contributed by atoms with Crippen LogP contribution in [0.1, 0.15) is 25.3 Å². The van der Waals surface area contributed by atoms with Crippen LogP contribution in [0.2, 0.25) is 0 Å². The number of hydrogen-bond donors (Lipinski definition) is 1. The maximum Gasteiger partial charge on any atom is 0.309 e. The van der Waals surface area contributed by atoms with Crippen molar-refractivity contribution in [2.75, 3.05) is 18.0 Å². The van der Waals surface area contributed by atoms with E-state index in [-0.39, 0.29) is 0 Å². The Morgan fingerprint density at radius 2 is 2.11 bits per heavy atom. The molecular formula is C14H15BrN2O2. The molecule has 1 heterocycles. The third-order valence-electron chi connectivity index (χ3n) is 3.82. The molecule has 2 rings (SSSR count). The lowest BCUT2D eigenvalue weighted by atomic mass is 9.80. The highest BCUT2D eigenvalue weighted by molar-refractivity contribution is 9.10. The molecule has 1 aliphatic rings. The molecule has 1 saturated heterocycles. The molecule has 19 heavy (non-hydrogen) atoms. The number of carbonyl (C=O) groups is 1. The van der Waals surface area contributed by atoms with Crippen LogP contribution in [-0.4, -0.2) is 24.2 Å². The van der Waals surface area contributed by atoms with Gasteiger partial charge >= 0.3 is 5.97 Å². The Morgan fingerprint density at radius 3 is 2.58 bits per heavy atom. The minimum Gasteiger partial charge on any atom is -0.481 e. The highest BCUT2D eigenvalue weighted by atomic mass is 79.9. The lowest BCUT2D eigenvalue weighted by Crippen LogP contribution is -2.42. The van der Waals surface area contributed by atoms with E-state index in [2.05, 4.69) is 26.9 Å². The number of anilines is 1. The number of rotatable bonds is 2. The summed E-state index contributed by atoms with van der Waals surface area (Å²) in [5, 5.41) is 18.1. The second kappa shape index (κ2) is 5.22. The van der Waals surface area contributed by atoms with Crippen molar-refractivity contribution < 1.29 is 9.90 Å².